The summed E-state index contributed by atoms with van der Waals surface area (Å²) in [6.45, 7) is 4.85. The van der Waals surface area contributed by atoms with Crippen LogP contribution in [0.1, 0.15) is 46.0 Å². The van der Waals surface area contributed by atoms with Gasteiger partial charge in [0.1, 0.15) is 0 Å². The van der Waals surface area contributed by atoms with Gasteiger partial charge in [0.25, 0.3) is 0 Å². The van der Waals surface area contributed by atoms with Crippen molar-refractivity contribution in [3.05, 3.63) is 0 Å². The maximum Gasteiger partial charge on any atom is 0.237 e. The number of hydrogen-bond donors (Lipinski definition) is 2. The van der Waals surface area contributed by atoms with Gasteiger partial charge in [0.2, 0.25) is 5.91 Å². The third-order valence-corrected chi connectivity index (χ3v) is 3.83. The van der Waals surface area contributed by atoms with Gasteiger partial charge in [-0.15, -0.1) is 0 Å². The Morgan fingerprint density at radius 3 is 2.53 bits per heavy atom. The van der Waals surface area contributed by atoms with Crippen molar-refractivity contribution in [2.75, 3.05) is 18.6 Å². The summed E-state index contributed by atoms with van der Waals surface area (Å²) in [7, 11) is 0. The monoisotopic (exact) mass is 260 g/mol. The summed E-state index contributed by atoms with van der Waals surface area (Å²) in [5.41, 5.74) is 5.84. The van der Waals surface area contributed by atoms with Gasteiger partial charge in [0.05, 0.1) is 6.04 Å². The third kappa shape index (κ3) is 8.50. The van der Waals surface area contributed by atoms with Gasteiger partial charge in [-0.1, -0.05) is 33.1 Å². The van der Waals surface area contributed by atoms with Gasteiger partial charge in [-0.05, 0) is 30.8 Å². The number of nitrogens with one attached hydrogen (secondary N) is 1. The molecule has 0 aromatic rings. The Hall–Kier alpha value is -0.220. The molecule has 0 saturated heterocycles. The van der Waals surface area contributed by atoms with Crippen LogP contribution in [0.5, 0.6) is 0 Å². The highest BCUT2D eigenvalue weighted by Crippen LogP contribution is 2.06. The predicted molar refractivity (Wildman–Crippen MR) is 77.3 cm³/mol. The average molecular weight is 260 g/mol. The normalized spacial score (nSPS) is 14.4. The Morgan fingerprint density at radius 1 is 1.29 bits per heavy atom. The van der Waals surface area contributed by atoms with Crippen LogP contribution in [0.2, 0.25) is 0 Å². The molecule has 0 heterocycles. The van der Waals surface area contributed by atoms with Crippen LogP contribution in [-0.4, -0.2) is 30.5 Å². The van der Waals surface area contributed by atoms with Crippen LogP contribution in [0, 0.1) is 5.92 Å². The Morgan fingerprint density at radius 2 is 1.94 bits per heavy atom. The second kappa shape index (κ2) is 10.9. The molecule has 0 fully saturated rings. The maximum atomic E-state index is 11.6. The summed E-state index contributed by atoms with van der Waals surface area (Å²) in [6.07, 6.45) is 7.88. The smallest absolute Gasteiger partial charge is 0.237 e. The number of carbonyl (C=O) groups excluding carboxylic acids is 1. The Bertz CT molecular complexity index is 200. The molecule has 0 aliphatic carbocycles. The minimum absolute atomic E-state index is 0.00321. The molecule has 0 aliphatic rings. The minimum Gasteiger partial charge on any atom is -0.355 e. The lowest BCUT2D eigenvalue weighted by molar-refractivity contribution is -0.123. The zero-order chi connectivity index (χ0) is 13.1. The number of hydrogen-bond acceptors (Lipinski definition) is 3. The number of nitrogens with two attached hydrogens (primary N) is 1. The van der Waals surface area contributed by atoms with E-state index < -0.39 is 0 Å². The quantitative estimate of drug-likeness (QED) is 0.593. The largest absolute Gasteiger partial charge is 0.355 e. The highest BCUT2D eigenvalue weighted by molar-refractivity contribution is 7.98. The topological polar surface area (TPSA) is 55.1 Å². The molecule has 0 bridgehead atoms. The fourth-order valence-corrected chi connectivity index (χ4v) is 2.06. The highest BCUT2D eigenvalue weighted by Gasteiger charge is 2.18. The SMILES string of the molecule is CCC(C)C(N)C(=O)NCCCCCCSC. The van der Waals surface area contributed by atoms with Crippen LogP contribution in [0.3, 0.4) is 0 Å². The van der Waals surface area contributed by atoms with E-state index in [-0.39, 0.29) is 17.9 Å². The molecule has 2 unspecified atom stereocenters. The lowest BCUT2D eigenvalue weighted by Crippen LogP contribution is -2.44. The molecule has 0 rings (SSSR count). The van der Waals surface area contributed by atoms with Crippen molar-refractivity contribution >= 4 is 17.7 Å². The second-order valence-electron chi connectivity index (χ2n) is 4.61. The maximum absolute atomic E-state index is 11.6. The number of carbonyl (C=O) groups is 1. The van der Waals surface area contributed by atoms with Crippen LogP contribution < -0.4 is 11.1 Å². The van der Waals surface area contributed by atoms with Crippen LogP contribution >= 0.6 is 11.8 Å². The number of unbranched alkanes of at least 4 members (excludes halogenated alkanes) is 3. The zero-order valence-corrected chi connectivity index (χ0v) is 12.3. The van der Waals surface area contributed by atoms with Crippen molar-refractivity contribution in [2.24, 2.45) is 11.7 Å². The van der Waals surface area contributed by atoms with Crippen LogP contribution in [0.15, 0.2) is 0 Å². The van der Waals surface area contributed by atoms with E-state index in [0.717, 1.165) is 19.4 Å². The highest BCUT2D eigenvalue weighted by atomic mass is 32.2. The minimum atomic E-state index is -0.350. The van der Waals surface area contributed by atoms with Crippen LogP contribution in [0.4, 0.5) is 0 Å². The lowest BCUT2D eigenvalue weighted by Gasteiger charge is -2.17. The predicted octanol–water partition coefficient (Wildman–Crippen LogP) is 2.40. The average Bonchev–Trinajstić information content (AvgIpc) is 2.35. The molecule has 0 saturated carbocycles. The Labute approximate surface area is 110 Å². The lowest BCUT2D eigenvalue weighted by atomic mass is 9.99. The van der Waals surface area contributed by atoms with Gasteiger partial charge >= 0.3 is 0 Å². The number of thioether (sulfide) groups is 1. The van der Waals surface area contributed by atoms with Crippen molar-refractivity contribution in [3.63, 3.8) is 0 Å². The first-order valence-corrected chi connectivity index (χ1v) is 8.05. The fraction of sp³-hybridized carbons (Fsp3) is 0.923. The first kappa shape index (κ1) is 16.8. The van der Waals surface area contributed by atoms with E-state index in [9.17, 15) is 4.79 Å². The Kier molecular flexibility index (Phi) is 10.8. The van der Waals surface area contributed by atoms with Crippen molar-refractivity contribution in [3.8, 4) is 0 Å². The third-order valence-electron chi connectivity index (χ3n) is 3.13. The van der Waals surface area contributed by atoms with E-state index in [4.69, 9.17) is 5.73 Å². The summed E-state index contributed by atoms with van der Waals surface area (Å²) >= 11 is 1.89. The molecule has 0 aromatic heterocycles. The number of amides is 1. The summed E-state index contributed by atoms with van der Waals surface area (Å²) < 4.78 is 0. The molecule has 4 heteroatoms. The van der Waals surface area contributed by atoms with Gasteiger partial charge in [-0.3, -0.25) is 4.79 Å². The van der Waals surface area contributed by atoms with Gasteiger partial charge in [0.15, 0.2) is 0 Å². The van der Waals surface area contributed by atoms with Crippen molar-refractivity contribution in [1.29, 1.82) is 0 Å². The van der Waals surface area contributed by atoms with E-state index in [1.54, 1.807) is 0 Å². The summed E-state index contributed by atoms with van der Waals surface area (Å²) in [5.74, 6) is 1.51. The first-order chi connectivity index (χ1) is 8.13. The molecule has 102 valence electrons. The van der Waals surface area contributed by atoms with E-state index in [2.05, 4.69) is 18.5 Å². The van der Waals surface area contributed by atoms with E-state index >= 15 is 0 Å². The van der Waals surface area contributed by atoms with E-state index in [0.29, 0.717) is 0 Å². The summed E-state index contributed by atoms with van der Waals surface area (Å²) in [4.78, 5) is 11.6. The van der Waals surface area contributed by atoms with E-state index in [1.165, 1.54) is 25.0 Å². The number of rotatable bonds is 10. The summed E-state index contributed by atoms with van der Waals surface area (Å²) in [5, 5.41) is 2.92. The standard InChI is InChI=1S/C13H28N2OS/c1-4-11(2)12(14)13(16)15-9-7-5-6-8-10-17-3/h11-12H,4-10,14H2,1-3H3,(H,15,16). The van der Waals surface area contributed by atoms with Gasteiger partial charge < -0.3 is 11.1 Å². The second-order valence-corrected chi connectivity index (χ2v) is 5.59. The Balaban J connectivity index is 3.45. The molecule has 1 amide bonds. The fourth-order valence-electron chi connectivity index (χ4n) is 1.57. The molecule has 0 spiro atoms. The molecule has 17 heavy (non-hydrogen) atoms. The molecule has 3 nitrogen and oxygen atoms in total. The molecular formula is C13H28N2OS. The van der Waals surface area contributed by atoms with Crippen molar-refractivity contribution < 1.29 is 4.79 Å². The molecular weight excluding hydrogens is 232 g/mol. The molecule has 2 atom stereocenters. The van der Waals surface area contributed by atoms with Crippen LogP contribution in [-0.2, 0) is 4.79 Å². The molecule has 0 aromatic carbocycles. The molecule has 0 radical (unpaired) electrons. The van der Waals surface area contributed by atoms with E-state index in [1.807, 2.05) is 18.7 Å². The van der Waals surface area contributed by atoms with Gasteiger partial charge in [-0.2, -0.15) is 11.8 Å². The zero-order valence-electron chi connectivity index (χ0n) is 11.5. The van der Waals surface area contributed by atoms with Gasteiger partial charge in [-0.25, -0.2) is 0 Å². The van der Waals surface area contributed by atoms with Crippen molar-refractivity contribution in [1.82, 2.24) is 5.32 Å². The van der Waals surface area contributed by atoms with Crippen molar-refractivity contribution in [2.45, 2.75) is 52.0 Å². The molecule has 0 aliphatic heterocycles. The van der Waals surface area contributed by atoms with Crippen LogP contribution in [0.25, 0.3) is 0 Å². The molecule has 3 N–H and O–H groups in total. The summed E-state index contributed by atoms with van der Waals surface area (Å²) in [6, 6.07) is -0.350. The first-order valence-electron chi connectivity index (χ1n) is 6.65. The van der Waals surface area contributed by atoms with Gasteiger partial charge in [0, 0.05) is 6.54 Å².